The Hall–Kier alpha value is -2.11. The lowest BCUT2D eigenvalue weighted by molar-refractivity contribution is -0.121. The van der Waals surface area contributed by atoms with Gasteiger partial charge in [0.25, 0.3) is 0 Å². The van der Waals surface area contributed by atoms with Crippen LogP contribution in [0.15, 0.2) is 29.0 Å². The van der Waals surface area contributed by atoms with Crippen LogP contribution in [-0.2, 0) is 17.8 Å². The third kappa shape index (κ3) is 3.44. The molecule has 6 heteroatoms. The molecule has 0 radical (unpaired) electrons. The smallest absolute Gasteiger partial charge is 0.228 e. The molecule has 96 valence electrons. The SMILES string of the molecule is Cc1cc(CC(=O)N[C@H](C)Cn2cccn2)on1. The molecule has 0 bridgehead atoms. The molecule has 0 spiro atoms. The zero-order valence-electron chi connectivity index (χ0n) is 10.5. The lowest BCUT2D eigenvalue weighted by Crippen LogP contribution is -2.36. The Labute approximate surface area is 105 Å². The first-order chi connectivity index (χ1) is 8.63. The molecule has 1 amide bonds. The van der Waals surface area contributed by atoms with Crippen LogP contribution in [0.4, 0.5) is 0 Å². The molecule has 18 heavy (non-hydrogen) atoms. The highest BCUT2D eigenvalue weighted by atomic mass is 16.5. The Morgan fingerprint density at radius 1 is 1.61 bits per heavy atom. The third-order valence-corrected chi connectivity index (χ3v) is 2.44. The first-order valence-corrected chi connectivity index (χ1v) is 5.82. The number of carbonyl (C=O) groups is 1. The Kier molecular flexibility index (Phi) is 3.76. The zero-order valence-corrected chi connectivity index (χ0v) is 10.5. The van der Waals surface area contributed by atoms with Gasteiger partial charge in [-0.05, 0) is 19.9 Å². The fourth-order valence-electron chi connectivity index (χ4n) is 1.72. The normalized spacial score (nSPS) is 12.3. The van der Waals surface area contributed by atoms with E-state index in [-0.39, 0.29) is 18.4 Å². The predicted octanol–water partition coefficient (Wildman–Crippen LogP) is 0.927. The van der Waals surface area contributed by atoms with Gasteiger partial charge < -0.3 is 9.84 Å². The van der Waals surface area contributed by atoms with E-state index in [0.717, 1.165) is 5.69 Å². The molecule has 2 rings (SSSR count). The van der Waals surface area contributed by atoms with E-state index in [2.05, 4.69) is 15.6 Å². The van der Waals surface area contributed by atoms with Gasteiger partial charge in [-0.1, -0.05) is 5.16 Å². The van der Waals surface area contributed by atoms with Crippen molar-refractivity contribution >= 4 is 5.91 Å². The van der Waals surface area contributed by atoms with Crippen LogP contribution in [0.1, 0.15) is 18.4 Å². The minimum atomic E-state index is -0.0780. The first-order valence-electron chi connectivity index (χ1n) is 5.82. The monoisotopic (exact) mass is 248 g/mol. The second-order valence-electron chi connectivity index (χ2n) is 4.31. The number of rotatable bonds is 5. The predicted molar refractivity (Wildman–Crippen MR) is 64.8 cm³/mol. The molecule has 2 aromatic heterocycles. The minimum Gasteiger partial charge on any atom is -0.361 e. The van der Waals surface area contributed by atoms with Gasteiger partial charge >= 0.3 is 0 Å². The van der Waals surface area contributed by atoms with E-state index >= 15 is 0 Å². The van der Waals surface area contributed by atoms with Crippen LogP contribution in [0.2, 0.25) is 0 Å². The highest BCUT2D eigenvalue weighted by molar-refractivity contribution is 5.78. The Morgan fingerprint density at radius 2 is 2.44 bits per heavy atom. The molecule has 0 aromatic carbocycles. The molecule has 0 unspecified atom stereocenters. The van der Waals surface area contributed by atoms with Crippen LogP contribution < -0.4 is 5.32 Å². The van der Waals surface area contributed by atoms with Crippen LogP contribution in [0.25, 0.3) is 0 Å². The molecule has 0 fully saturated rings. The second-order valence-corrected chi connectivity index (χ2v) is 4.31. The highest BCUT2D eigenvalue weighted by Crippen LogP contribution is 2.03. The maximum Gasteiger partial charge on any atom is 0.228 e. The molecule has 0 saturated heterocycles. The van der Waals surface area contributed by atoms with Crippen LogP contribution in [0, 0.1) is 6.92 Å². The highest BCUT2D eigenvalue weighted by Gasteiger charge is 2.11. The largest absolute Gasteiger partial charge is 0.361 e. The van der Waals surface area contributed by atoms with E-state index in [1.54, 1.807) is 16.9 Å². The van der Waals surface area contributed by atoms with Crippen molar-refractivity contribution in [2.75, 3.05) is 0 Å². The lowest BCUT2D eigenvalue weighted by Gasteiger charge is -2.13. The van der Waals surface area contributed by atoms with E-state index < -0.39 is 0 Å². The fourth-order valence-corrected chi connectivity index (χ4v) is 1.72. The molecule has 1 atom stereocenters. The molecule has 6 nitrogen and oxygen atoms in total. The lowest BCUT2D eigenvalue weighted by atomic mass is 10.2. The summed E-state index contributed by atoms with van der Waals surface area (Å²) in [4.78, 5) is 11.7. The van der Waals surface area contributed by atoms with Crippen molar-refractivity contribution in [1.82, 2.24) is 20.3 Å². The average molecular weight is 248 g/mol. The van der Waals surface area contributed by atoms with Gasteiger partial charge in [-0.25, -0.2) is 0 Å². The van der Waals surface area contributed by atoms with Gasteiger partial charge in [0.15, 0.2) is 0 Å². The molecule has 0 saturated carbocycles. The van der Waals surface area contributed by atoms with E-state index in [1.807, 2.05) is 26.1 Å². The number of aryl methyl sites for hydroxylation is 1. The average Bonchev–Trinajstić information content (AvgIpc) is 2.90. The quantitative estimate of drug-likeness (QED) is 0.854. The number of aromatic nitrogens is 3. The maximum atomic E-state index is 11.7. The molecule has 2 aromatic rings. The minimum absolute atomic E-state index is 0.0152. The van der Waals surface area contributed by atoms with Crippen molar-refractivity contribution in [1.29, 1.82) is 0 Å². The van der Waals surface area contributed by atoms with Gasteiger partial charge in [-0.15, -0.1) is 0 Å². The summed E-state index contributed by atoms with van der Waals surface area (Å²) >= 11 is 0. The van der Waals surface area contributed by atoms with Crippen molar-refractivity contribution in [2.45, 2.75) is 32.9 Å². The topological polar surface area (TPSA) is 73.0 Å². The Bertz CT molecular complexity index is 504. The number of amides is 1. The van der Waals surface area contributed by atoms with E-state index in [9.17, 15) is 4.79 Å². The standard InChI is InChI=1S/C12H16N4O2/c1-9-6-11(18-15-9)7-12(17)14-10(2)8-16-5-3-4-13-16/h3-6,10H,7-8H2,1-2H3,(H,14,17)/t10-/m1/s1. The summed E-state index contributed by atoms with van der Waals surface area (Å²) in [6, 6.07) is 3.63. The van der Waals surface area contributed by atoms with Crippen LogP contribution in [0.5, 0.6) is 0 Å². The summed E-state index contributed by atoms with van der Waals surface area (Å²) < 4.78 is 6.78. The van der Waals surface area contributed by atoms with Gasteiger partial charge in [0.1, 0.15) is 5.76 Å². The number of nitrogens with zero attached hydrogens (tertiary/aromatic N) is 3. The molecule has 0 aliphatic carbocycles. The van der Waals surface area contributed by atoms with Crippen LogP contribution in [0.3, 0.4) is 0 Å². The summed E-state index contributed by atoms with van der Waals surface area (Å²) in [5.41, 5.74) is 0.780. The number of hydrogen-bond donors (Lipinski definition) is 1. The summed E-state index contributed by atoms with van der Waals surface area (Å²) in [5, 5.41) is 10.7. The van der Waals surface area contributed by atoms with Crippen LogP contribution in [-0.4, -0.2) is 26.9 Å². The molecule has 2 heterocycles. The van der Waals surface area contributed by atoms with Crippen LogP contribution >= 0.6 is 0 Å². The van der Waals surface area contributed by atoms with Gasteiger partial charge in [-0.2, -0.15) is 5.10 Å². The maximum absolute atomic E-state index is 11.7. The van der Waals surface area contributed by atoms with E-state index in [0.29, 0.717) is 12.3 Å². The summed E-state index contributed by atoms with van der Waals surface area (Å²) in [6.45, 7) is 4.41. The van der Waals surface area contributed by atoms with Gasteiger partial charge in [0.05, 0.1) is 18.7 Å². The summed E-state index contributed by atoms with van der Waals surface area (Å²) in [5.74, 6) is 0.502. The molecular formula is C12H16N4O2. The van der Waals surface area contributed by atoms with Gasteiger partial charge in [0.2, 0.25) is 5.91 Å². The van der Waals surface area contributed by atoms with Gasteiger partial charge in [0, 0.05) is 24.5 Å². The molecular weight excluding hydrogens is 232 g/mol. The Balaban J connectivity index is 1.80. The summed E-state index contributed by atoms with van der Waals surface area (Å²) in [7, 11) is 0. The fraction of sp³-hybridized carbons (Fsp3) is 0.417. The Morgan fingerprint density at radius 3 is 3.06 bits per heavy atom. The molecule has 0 aliphatic rings. The number of carbonyl (C=O) groups excluding carboxylic acids is 1. The van der Waals surface area contributed by atoms with Crippen molar-refractivity contribution in [2.24, 2.45) is 0 Å². The molecule has 0 aliphatic heterocycles. The van der Waals surface area contributed by atoms with Crippen molar-refractivity contribution in [3.05, 3.63) is 36.0 Å². The third-order valence-electron chi connectivity index (χ3n) is 2.44. The molecule has 1 N–H and O–H groups in total. The van der Waals surface area contributed by atoms with Crippen molar-refractivity contribution < 1.29 is 9.32 Å². The van der Waals surface area contributed by atoms with E-state index in [1.165, 1.54) is 0 Å². The second kappa shape index (κ2) is 5.48. The number of nitrogens with one attached hydrogen (secondary N) is 1. The number of hydrogen-bond acceptors (Lipinski definition) is 4. The van der Waals surface area contributed by atoms with Crippen molar-refractivity contribution in [3.63, 3.8) is 0 Å². The zero-order chi connectivity index (χ0) is 13.0. The van der Waals surface area contributed by atoms with Crippen molar-refractivity contribution in [3.8, 4) is 0 Å². The van der Waals surface area contributed by atoms with E-state index in [4.69, 9.17) is 4.52 Å². The van der Waals surface area contributed by atoms with Gasteiger partial charge in [-0.3, -0.25) is 9.48 Å². The summed E-state index contributed by atoms with van der Waals surface area (Å²) in [6.07, 6.45) is 3.79. The first kappa shape index (κ1) is 12.3.